The highest BCUT2D eigenvalue weighted by Gasteiger charge is 2.26. The minimum absolute atomic E-state index is 0.260. The number of nitrogens with one attached hydrogen (secondary N) is 3. The molecule has 0 spiro atoms. The first-order valence-electron chi connectivity index (χ1n) is 11.2. The number of piperazine rings is 1. The highest BCUT2D eigenvalue weighted by Crippen LogP contribution is 2.27. The summed E-state index contributed by atoms with van der Waals surface area (Å²) in [4.78, 5) is 10.5. The van der Waals surface area contributed by atoms with E-state index in [-0.39, 0.29) is 4.90 Å². The molecule has 0 saturated carbocycles. The molecule has 2 aliphatic rings. The van der Waals surface area contributed by atoms with E-state index in [2.05, 4.69) is 37.6 Å². The smallest absolute Gasteiger partial charge is 0.243 e. The number of nitrogens with zero attached hydrogens (tertiary/aromatic N) is 3. The number of morpholine rings is 1. The second kappa shape index (κ2) is 9.52. The Kier molecular flexibility index (Phi) is 6.32. The lowest BCUT2D eigenvalue weighted by molar-refractivity contribution is 0.0730. The number of ether oxygens (including phenoxy) is 1. The first kappa shape index (κ1) is 21.9. The molecule has 33 heavy (non-hydrogen) atoms. The molecular weight excluding hydrogens is 440 g/mol. The van der Waals surface area contributed by atoms with Crippen molar-refractivity contribution in [1.29, 1.82) is 0 Å². The van der Waals surface area contributed by atoms with Crippen LogP contribution in [0.4, 0.5) is 17.3 Å². The normalized spacial score (nSPS) is 17.8. The fourth-order valence-corrected chi connectivity index (χ4v) is 5.58. The molecule has 2 saturated heterocycles. The molecule has 3 aromatic rings. The van der Waals surface area contributed by atoms with Gasteiger partial charge in [0.15, 0.2) is 0 Å². The fraction of sp³-hybridized carbons (Fsp3) is 0.348. The van der Waals surface area contributed by atoms with Gasteiger partial charge in [-0.05, 0) is 42.5 Å². The van der Waals surface area contributed by atoms with Crippen LogP contribution in [0.5, 0.6) is 0 Å². The van der Waals surface area contributed by atoms with Gasteiger partial charge in [0.05, 0.1) is 18.1 Å². The van der Waals surface area contributed by atoms with Gasteiger partial charge in [-0.15, -0.1) is 0 Å². The molecule has 2 aliphatic heterocycles. The Bertz CT molecular complexity index is 1200. The molecule has 2 aromatic heterocycles. The number of pyridine rings is 1. The summed E-state index contributed by atoms with van der Waals surface area (Å²) in [6, 6.07) is 14.9. The molecule has 0 bridgehead atoms. The van der Waals surface area contributed by atoms with Crippen LogP contribution in [0.2, 0.25) is 0 Å². The summed E-state index contributed by atoms with van der Waals surface area (Å²) >= 11 is 0. The van der Waals surface area contributed by atoms with Crippen LogP contribution in [0, 0.1) is 0 Å². The first-order valence-corrected chi connectivity index (χ1v) is 12.6. The standard InChI is InChI=1S/C23H28N6O3S/c30-33(31,29-12-14-32-15-13-29)20-3-1-2-19(17-20)26-22-16-18(6-7-25-22)21-4-5-23(27-21)28-10-8-24-9-11-28/h1-7,16-17,24,27H,8-15H2,(H,25,26). The molecule has 5 rings (SSSR count). The molecule has 2 fully saturated rings. The van der Waals surface area contributed by atoms with E-state index >= 15 is 0 Å². The van der Waals surface area contributed by atoms with Crippen molar-refractivity contribution in [2.45, 2.75) is 4.90 Å². The number of H-pyrrole nitrogens is 1. The van der Waals surface area contributed by atoms with Crippen LogP contribution in [-0.4, -0.2) is 75.2 Å². The van der Waals surface area contributed by atoms with Gasteiger partial charge in [0.2, 0.25) is 10.0 Å². The first-order chi connectivity index (χ1) is 16.1. The zero-order valence-corrected chi connectivity index (χ0v) is 19.1. The predicted octanol–water partition coefficient (Wildman–Crippen LogP) is 2.25. The Morgan fingerprint density at radius 2 is 1.79 bits per heavy atom. The van der Waals surface area contributed by atoms with Crippen LogP contribution in [-0.2, 0) is 14.8 Å². The number of hydrogen-bond donors (Lipinski definition) is 3. The number of benzene rings is 1. The van der Waals surface area contributed by atoms with Crippen LogP contribution >= 0.6 is 0 Å². The minimum atomic E-state index is -3.56. The Hall–Kier alpha value is -2.92. The van der Waals surface area contributed by atoms with E-state index < -0.39 is 10.0 Å². The molecule has 0 unspecified atom stereocenters. The molecule has 0 radical (unpaired) electrons. The topological polar surface area (TPSA) is 103 Å². The van der Waals surface area contributed by atoms with Crippen molar-refractivity contribution in [3.05, 3.63) is 54.7 Å². The van der Waals surface area contributed by atoms with E-state index in [0.717, 1.165) is 43.3 Å². The molecule has 3 N–H and O–H groups in total. The molecule has 9 nitrogen and oxygen atoms in total. The van der Waals surface area contributed by atoms with Gasteiger partial charge in [0.25, 0.3) is 0 Å². The molecule has 174 valence electrons. The number of rotatable bonds is 6. The van der Waals surface area contributed by atoms with Crippen LogP contribution in [0.3, 0.4) is 0 Å². The molecule has 1 aromatic carbocycles. The minimum Gasteiger partial charge on any atom is -0.379 e. The summed E-state index contributed by atoms with van der Waals surface area (Å²) in [5.74, 6) is 1.76. The lowest BCUT2D eigenvalue weighted by Crippen LogP contribution is -2.43. The summed E-state index contributed by atoms with van der Waals surface area (Å²) < 4.78 is 32.7. The SMILES string of the molecule is O=S(=O)(c1cccc(Nc2cc(-c3ccc(N4CCNCC4)[nH]3)ccn2)c1)N1CCOCC1. The van der Waals surface area contributed by atoms with Gasteiger partial charge >= 0.3 is 0 Å². The van der Waals surface area contributed by atoms with Gasteiger partial charge in [-0.3, -0.25) is 0 Å². The highest BCUT2D eigenvalue weighted by atomic mass is 32.2. The van der Waals surface area contributed by atoms with Crippen molar-refractivity contribution in [1.82, 2.24) is 19.6 Å². The number of anilines is 3. The van der Waals surface area contributed by atoms with E-state index in [1.807, 2.05) is 18.2 Å². The second-order valence-electron chi connectivity index (χ2n) is 8.09. The van der Waals surface area contributed by atoms with Crippen LogP contribution in [0.25, 0.3) is 11.3 Å². The second-order valence-corrected chi connectivity index (χ2v) is 10.0. The monoisotopic (exact) mass is 468 g/mol. The Balaban J connectivity index is 1.33. The van der Waals surface area contributed by atoms with E-state index in [1.165, 1.54) is 4.31 Å². The maximum absolute atomic E-state index is 13.0. The third kappa shape index (κ3) is 4.88. The average Bonchev–Trinajstić information content (AvgIpc) is 3.36. The quantitative estimate of drug-likeness (QED) is 0.510. The van der Waals surface area contributed by atoms with Crippen molar-refractivity contribution in [2.24, 2.45) is 0 Å². The number of hydrogen-bond acceptors (Lipinski definition) is 7. The van der Waals surface area contributed by atoms with Crippen molar-refractivity contribution < 1.29 is 13.2 Å². The molecule has 0 aliphatic carbocycles. The van der Waals surface area contributed by atoms with E-state index in [4.69, 9.17) is 4.74 Å². The summed E-state index contributed by atoms with van der Waals surface area (Å²) in [5.41, 5.74) is 2.69. The third-order valence-electron chi connectivity index (χ3n) is 5.91. The van der Waals surface area contributed by atoms with Gasteiger partial charge in [-0.25, -0.2) is 13.4 Å². The lowest BCUT2D eigenvalue weighted by atomic mass is 10.2. The van der Waals surface area contributed by atoms with Crippen molar-refractivity contribution in [2.75, 3.05) is 62.7 Å². The van der Waals surface area contributed by atoms with Gasteiger partial charge in [-0.1, -0.05) is 6.07 Å². The zero-order chi connectivity index (χ0) is 22.7. The number of aromatic nitrogens is 2. The van der Waals surface area contributed by atoms with Gasteiger partial charge in [0, 0.05) is 62.4 Å². The lowest BCUT2D eigenvalue weighted by Gasteiger charge is -2.28. The molecule has 0 atom stereocenters. The fourth-order valence-electron chi connectivity index (χ4n) is 4.13. The molecule has 10 heteroatoms. The zero-order valence-electron chi connectivity index (χ0n) is 18.3. The summed E-state index contributed by atoms with van der Waals surface area (Å²) in [7, 11) is -3.56. The number of sulfonamides is 1. The van der Waals surface area contributed by atoms with Gasteiger partial charge in [-0.2, -0.15) is 4.31 Å². The van der Waals surface area contributed by atoms with E-state index in [0.29, 0.717) is 37.8 Å². The molecule has 4 heterocycles. The van der Waals surface area contributed by atoms with Crippen LogP contribution in [0.15, 0.2) is 59.6 Å². The van der Waals surface area contributed by atoms with Crippen molar-refractivity contribution >= 4 is 27.3 Å². The van der Waals surface area contributed by atoms with E-state index in [1.54, 1.807) is 24.4 Å². The summed E-state index contributed by atoms with van der Waals surface area (Å²) in [6.45, 7) is 5.51. The average molecular weight is 469 g/mol. The molecular formula is C23H28N6O3S. The predicted molar refractivity (Wildman–Crippen MR) is 128 cm³/mol. The number of aromatic amines is 1. The van der Waals surface area contributed by atoms with E-state index in [9.17, 15) is 8.42 Å². The highest BCUT2D eigenvalue weighted by molar-refractivity contribution is 7.89. The van der Waals surface area contributed by atoms with Gasteiger partial charge < -0.3 is 25.3 Å². The summed E-state index contributed by atoms with van der Waals surface area (Å²) in [6.07, 6.45) is 1.75. The van der Waals surface area contributed by atoms with Crippen LogP contribution in [0.1, 0.15) is 0 Å². The third-order valence-corrected chi connectivity index (χ3v) is 7.81. The Morgan fingerprint density at radius 1 is 0.970 bits per heavy atom. The Labute approximate surface area is 193 Å². The van der Waals surface area contributed by atoms with Crippen LogP contribution < -0.4 is 15.5 Å². The van der Waals surface area contributed by atoms with Gasteiger partial charge in [0.1, 0.15) is 11.6 Å². The van der Waals surface area contributed by atoms with Crippen molar-refractivity contribution in [3.8, 4) is 11.3 Å². The Morgan fingerprint density at radius 3 is 2.61 bits per heavy atom. The summed E-state index contributed by atoms with van der Waals surface area (Å²) in [5, 5.41) is 6.62. The largest absolute Gasteiger partial charge is 0.379 e. The maximum atomic E-state index is 13.0. The van der Waals surface area contributed by atoms with Crippen molar-refractivity contribution in [3.63, 3.8) is 0 Å². The molecule has 0 amide bonds. The maximum Gasteiger partial charge on any atom is 0.243 e.